The predicted octanol–water partition coefficient (Wildman–Crippen LogP) is 9.34. The molecule has 1 saturated heterocycles. The topological polar surface area (TPSA) is 186 Å². The molecule has 1 fully saturated rings. The zero-order valence-electron chi connectivity index (χ0n) is 36.8. The first-order valence-corrected chi connectivity index (χ1v) is 24.5. The summed E-state index contributed by atoms with van der Waals surface area (Å²) < 4.78 is 54.0. The van der Waals surface area contributed by atoms with Crippen molar-refractivity contribution in [2.75, 3.05) is 19.0 Å². The van der Waals surface area contributed by atoms with Crippen molar-refractivity contribution >= 4 is 22.1 Å². The van der Waals surface area contributed by atoms with Crippen molar-refractivity contribution in [2.45, 2.75) is 205 Å². The maximum absolute atomic E-state index is 12.8. The molecule has 1 heterocycles. The lowest BCUT2D eigenvalue weighted by Gasteiger charge is -2.40. The molecule has 0 aromatic rings. The van der Waals surface area contributed by atoms with Crippen LogP contribution in [0.2, 0.25) is 0 Å². The van der Waals surface area contributed by atoms with E-state index in [2.05, 4.69) is 62.5 Å². The molecule has 0 saturated carbocycles. The van der Waals surface area contributed by atoms with Gasteiger partial charge in [-0.3, -0.25) is 14.1 Å². The summed E-state index contributed by atoms with van der Waals surface area (Å²) in [4.78, 5) is 25.4. The fourth-order valence-corrected chi connectivity index (χ4v) is 7.18. The Labute approximate surface area is 362 Å². The molecule has 0 radical (unpaired) electrons. The van der Waals surface area contributed by atoms with Gasteiger partial charge in [-0.25, -0.2) is 0 Å². The lowest BCUT2D eigenvalue weighted by Crippen LogP contribution is -2.60. The quantitative estimate of drug-likeness (QED) is 0.0201. The van der Waals surface area contributed by atoms with Crippen molar-refractivity contribution in [2.24, 2.45) is 0 Å². The molecular weight excluding hydrogens is 789 g/mol. The van der Waals surface area contributed by atoms with Gasteiger partial charge in [0.2, 0.25) is 0 Å². The number of aliphatic hydroxyl groups excluding tert-OH is 3. The molecule has 4 N–H and O–H groups in total. The lowest BCUT2D eigenvalue weighted by atomic mass is 10.00. The molecule has 13 heteroatoms. The summed E-state index contributed by atoms with van der Waals surface area (Å²) in [5, 5.41) is 30.9. The largest absolute Gasteiger partial charge is 0.462 e. The number of carbonyl (C=O) groups is 2. The number of hydrogen-bond acceptors (Lipinski definition) is 11. The van der Waals surface area contributed by atoms with E-state index in [0.717, 1.165) is 64.2 Å². The van der Waals surface area contributed by atoms with Crippen LogP contribution in [0.1, 0.15) is 168 Å². The molecule has 0 amide bonds. The van der Waals surface area contributed by atoms with Gasteiger partial charge in [-0.1, -0.05) is 139 Å². The van der Waals surface area contributed by atoms with Crippen LogP contribution in [-0.4, -0.2) is 96.0 Å². The van der Waals surface area contributed by atoms with Crippen molar-refractivity contribution in [3.63, 3.8) is 0 Å². The molecule has 1 aliphatic rings. The van der Waals surface area contributed by atoms with Crippen LogP contribution in [0.5, 0.6) is 0 Å². The summed E-state index contributed by atoms with van der Waals surface area (Å²) in [6.45, 7) is 3.66. The summed E-state index contributed by atoms with van der Waals surface area (Å²) in [7, 11) is -4.61. The lowest BCUT2D eigenvalue weighted by molar-refractivity contribution is -0.297. The highest BCUT2D eigenvalue weighted by atomic mass is 32.2. The van der Waals surface area contributed by atoms with Gasteiger partial charge in [-0.15, -0.1) is 0 Å². The number of unbranched alkanes of at least 4 members (excludes halogenated alkanes) is 15. The van der Waals surface area contributed by atoms with Gasteiger partial charge in [0.15, 0.2) is 12.4 Å². The minimum absolute atomic E-state index is 0.0872. The highest BCUT2D eigenvalue weighted by Gasteiger charge is 2.46. The predicted molar refractivity (Wildman–Crippen MR) is 238 cm³/mol. The van der Waals surface area contributed by atoms with Crippen LogP contribution in [0.25, 0.3) is 0 Å². The zero-order chi connectivity index (χ0) is 44.1. The normalized spacial score (nSPS) is 20.7. The van der Waals surface area contributed by atoms with E-state index < -0.39 is 71.2 Å². The van der Waals surface area contributed by atoms with Gasteiger partial charge in [0.1, 0.15) is 36.8 Å². The molecule has 0 aromatic carbocycles. The van der Waals surface area contributed by atoms with Crippen molar-refractivity contribution in [1.82, 2.24) is 0 Å². The van der Waals surface area contributed by atoms with Crippen LogP contribution in [0, 0.1) is 0 Å². The van der Waals surface area contributed by atoms with Crippen LogP contribution in [0.3, 0.4) is 0 Å². The molecule has 0 aromatic heterocycles. The van der Waals surface area contributed by atoms with Gasteiger partial charge in [0, 0.05) is 12.8 Å². The Balaban J connectivity index is 2.50. The molecule has 0 aliphatic carbocycles. The third-order valence-electron chi connectivity index (χ3n) is 10.1. The van der Waals surface area contributed by atoms with Crippen molar-refractivity contribution in [3.05, 3.63) is 60.8 Å². The fraction of sp³-hybridized carbons (Fsp3) is 0.745. The van der Waals surface area contributed by atoms with Gasteiger partial charge in [-0.05, 0) is 77.0 Å². The van der Waals surface area contributed by atoms with Gasteiger partial charge in [0.25, 0.3) is 10.1 Å². The Hall–Kier alpha value is -2.65. The molecule has 60 heavy (non-hydrogen) atoms. The second-order valence-electron chi connectivity index (χ2n) is 15.7. The van der Waals surface area contributed by atoms with E-state index in [-0.39, 0.29) is 19.4 Å². The maximum Gasteiger partial charge on any atom is 0.306 e. The number of rotatable bonds is 37. The number of ether oxygens (including phenoxy) is 4. The molecule has 1 rings (SSSR count). The van der Waals surface area contributed by atoms with E-state index in [0.29, 0.717) is 19.3 Å². The first kappa shape index (κ1) is 55.4. The van der Waals surface area contributed by atoms with Crippen LogP contribution in [0.4, 0.5) is 0 Å². The van der Waals surface area contributed by atoms with Gasteiger partial charge in [-0.2, -0.15) is 8.42 Å². The zero-order valence-corrected chi connectivity index (χ0v) is 37.6. The smallest absolute Gasteiger partial charge is 0.306 e. The third-order valence-corrected chi connectivity index (χ3v) is 10.8. The highest BCUT2D eigenvalue weighted by Crippen LogP contribution is 2.24. The number of carbonyl (C=O) groups excluding carboxylic acids is 2. The Morgan fingerprint density at radius 1 is 0.567 bits per heavy atom. The van der Waals surface area contributed by atoms with Crippen LogP contribution in [0.15, 0.2) is 60.8 Å². The molecule has 1 aliphatic heterocycles. The summed E-state index contributed by atoms with van der Waals surface area (Å²) in [5.41, 5.74) is 0. The highest BCUT2D eigenvalue weighted by molar-refractivity contribution is 7.85. The molecule has 6 atom stereocenters. The van der Waals surface area contributed by atoms with E-state index in [4.69, 9.17) is 18.9 Å². The first-order chi connectivity index (χ1) is 29.0. The summed E-state index contributed by atoms with van der Waals surface area (Å²) in [6, 6.07) is 0. The third kappa shape index (κ3) is 31.2. The minimum Gasteiger partial charge on any atom is -0.462 e. The van der Waals surface area contributed by atoms with E-state index in [9.17, 15) is 37.9 Å². The van der Waals surface area contributed by atoms with Gasteiger partial charge >= 0.3 is 11.9 Å². The molecular formula is C47H80O12S. The van der Waals surface area contributed by atoms with E-state index in [1.165, 1.54) is 57.8 Å². The fourth-order valence-electron chi connectivity index (χ4n) is 6.49. The molecule has 0 spiro atoms. The second-order valence-corrected chi connectivity index (χ2v) is 17.2. The Morgan fingerprint density at radius 3 is 1.57 bits per heavy atom. The molecule has 0 bridgehead atoms. The summed E-state index contributed by atoms with van der Waals surface area (Å²) in [5.74, 6) is -2.08. The maximum atomic E-state index is 12.8. The Morgan fingerprint density at radius 2 is 1.02 bits per heavy atom. The van der Waals surface area contributed by atoms with Crippen LogP contribution in [-0.2, 0) is 38.7 Å². The average molecular weight is 869 g/mol. The van der Waals surface area contributed by atoms with Gasteiger partial charge < -0.3 is 34.3 Å². The van der Waals surface area contributed by atoms with E-state index in [1.54, 1.807) is 0 Å². The number of allylic oxidation sites excluding steroid dienone is 10. The molecule has 2 unspecified atom stereocenters. The Bertz CT molecular complexity index is 1340. The molecule has 346 valence electrons. The monoisotopic (exact) mass is 869 g/mol. The van der Waals surface area contributed by atoms with Crippen molar-refractivity contribution in [3.8, 4) is 0 Å². The van der Waals surface area contributed by atoms with Gasteiger partial charge in [0.05, 0.1) is 6.61 Å². The second kappa shape index (κ2) is 37.0. The number of aliphatic hydroxyl groups is 3. The summed E-state index contributed by atoms with van der Waals surface area (Å²) >= 11 is 0. The van der Waals surface area contributed by atoms with Crippen molar-refractivity contribution < 1.29 is 56.8 Å². The van der Waals surface area contributed by atoms with Crippen LogP contribution >= 0.6 is 0 Å². The molecule has 12 nitrogen and oxygen atoms in total. The average Bonchev–Trinajstić information content (AvgIpc) is 3.21. The number of esters is 2. The number of hydrogen-bond donors (Lipinski definition) is 4. The van der Waals surface area contributed by atoms with Crippen LogP contribution < -0.4 is 0 Å². The standard InChI is InChI=1S/C47H80O12S/c1-3-5-7-9-11-13-15-17-19-20-22-24-26-28-30-32-34-36-43(49)58-40(38-57-47-46(52)45(51)44(50)41(59-47)39-60(53,54)55)37-56-42(48)35-33-31-29-27-25-23-21-18-16-14-12-10-8-6-4-2/h12,14,17-19,21-22,24,28,30,40-41,44-47,50-52H,3-11,13,15-16,20,23,25-27,29,31-39H2,1-2H3,(H,53,54,55)/b14-12+,19-17+,21-18+,24-22+,30-28+/t40-,41-,44-,45?,46?,47+/m1/s1. The SMILES string of the molecule is CCCCC/C=C/C/C=C/CCCCCCCC(=O)OC[C@H](CO[C@H]1O[C@H](CS(=O)(=O)O)[C@@H](O)C(O)C1O)OC(=O)CCC/C=C/C/C=C/C/C=C/CCCCCCCC. The van der Waals surface area contributed by atoms with Crippen molar-refractivity contribution in [1.29, 1.82) is 0 Å². The Kier molecular flexibility index (Phi) is 34.1. The van der Waals surface area contributed by atoms with E-state index in [1.807, 2.05) is 12.2 Å². The first-order valence-electron chi connectivity index (χ1n) is 22.8. The minimum atomic E-state index is -4.61. The van der Waals surface area contributed by atoms with E-state index >= 15 is 0 Å². The summed E-state index contributed by atoms with van der Waals surface area (Å²) in [6.07, 6.45) is 35.5.